The molecule has 0 aliphatic rings. The molecule has 2 aromatic carbocycles. The lowest BCUT2D eigenvalue weighted by Crippen LogP contribution is -2.15. The summed E-state index contributed by atoms with van der Waals surface area (Å²) < 4.78 is 11.3. The first-order chi connectivity index (χ1) is 11.5. The lowest BCUT2D eigenvalue weighted by molar-refractivity contribution is 0.332. The minimum absolute atomic E-state index is 0.214. The van der Waals surface area contributed by atoms with Gasteiger partial charge in [-0.1, -0.05) is 39.0 Å². The van der Waals surface area contributed by atoms with Gasteiger partial charge in [0.25, 0.3) is 0 Å². The number of rotatable bonds is 9. The molecule has 0 amide bonds. The normalized spacial score (nSPS) is 11.2. The predicted octanol–water partition coefficient (Wildman–Crippen LogP) is 5.26. The molecule has 0 unspecified atom stereocenters. The number of nitrogens with one attached hydrogen (secondary N) is 1. The van der Waals surface area contributed by atoms with E-state index < -0.39 is 0 Å². The molecule has 130 valence electrons. The number of hydrogen-bond donors (Lipinski definition) is 1. The topological polar surface area (TPSA) is 30.5 Å². The second-order valence-electron chi connectivity index (χ2n) is 6.50. The fourth-order valence-corrected chi connectivity index (χ4v) is 2.43. The Labute approximate surface area is 146 Å². The second kappa shape index (κ2) is 8.62. The van der Waals surface area contributed by atoms with Crippen molar-refractivity contribution in [1.29, 1.82) is 0 Å². The van der Waals surface area contributed by atoms with Crippen LogP contribution in [0.4, 0.5) is 5.69 Å². The van der Waals surface area contributed by atoms with Gasteiger partial charge in [-0.3, -0.25) is 0 Å². The van der Waals surface area contributed by atoms with Gasteiger partial charge >= 0.3 is 0 Å². The highest BCUT2D eigenvalue weighted by atomic mass is 16.5. The minimum atomic E-state index is 0.214. The van der Waals surface area contributed by atoms with E-state index in [0.29, 0.717) is 13.2 Å². The maximum atomic E-state index is 5.81. The number of benzene rings is 2. The second-order valence-corrected chi connectivity index (χ2v) is 6.50. The molecule has 3 heteroatoms. The van der Waals surface area contributed by atoms with Crippen molar-refractivity contribution in [3.63, 3.8) is 0 Å². The van der Waals surface area contributed by atoms with E-state index >= 15 is 0 Å². The van der Waals surface area contributed by atoms with E-state index in [9.17, 15) is 0 Å². The third kappa shape index (κ3) is 5.19. The Bertz CT molecular complexity index is 620. The first kappa shape index (κ1) is 18.2. The molecule has 0 heterocycles. The maximum absolute atomic E-state index is 5.81. The molecule has 0 radical (unpaired) electrons. The van der Waals surface area contributed by atoms with E-state index in [4.69, 9.17) is 9.47 Å². The van der Waals surface area contributed by atoms with Crippen molar-refractivity contribution in [1.82, 2.24) is 0 Å². The van der Waals surface area contributed by atoms with Gasteiger partial charge in [-0.2, -0.15) is 0 Å². The van der Waals surface area contributed by atoms with E-state index in [1.165, 1.54) is 5.56 Å². The monoisotopic (exact) mass is 327 g/mol. The van der Waals surface area contributed by atoms with Crippen molar-refractivity contribution >= 4 is 5.69 Å². The molecule has 2 aromatic rings. The molecule has 0 aromatic heterocycles. The lowest BCUT2D eigenvalue weighted by Gasteiger charge is -2.23. The van der Waals surface area contributed by atoms with Gasteiger partial charge in [0.1, 0.15) is 18.1 Å². The molecule has 2 rings (SSSR count). The fourth-order valence-electron chi connectivity index (χ4n) is 2.43. The number of hydrogen-bond acceptors (Lipinski definition) is 3. The van der Waals surface area contributed by atoms with Crippen molar-refractivity contribution in [3.8, 4) is 11.5 Å². The highest BCUT2D eigenvalue weighted by molar-refractivity contribution is 5.48. The average molecular weight is 327 g/mol. The molecular formula is C21H29NO2. The highest BCUT2D eigenvalue weighted by Crippen LogP contribution is 2.28. The summed E-state index contributed by atoms with van der Waals surface area (Å²) in [4.78, 5) is 0. The van der Waals surface area contributed by atoms with Crippen LogP contribution in [0.15, 0.2) is 48.5 Å². The summed E-state index contributed by atoms with van der Waals surface area (Å²) in [5.41, 5.74) is 2.61. The Morgan fingerprint density at radius 3 is 2.33 bits per heavy atom. The first-order valence-corrected chi connectivity index (χ1v) is 8.75. The quantitative estimate of drug-likeness (QED) is 0.637. The van der Waals surface area contributed by atoms with Crippen LogP contribution in [0.5, 0.6) is 11.5 Å². The van der Waals surface area contributed by atoms with Crippen LogP contribution in [0.1, 0.15) is 39.7 Å². The SMILES string of the molecule is CCOc1cccc(NCCOc2ccc(C(C)(C)CC)cc2)c1. The number of ether oxygens (including phenoxy) is 2. The zero-order valence-corrected chi connectivity index (χ0v) is 15.3. The van der Waals surface area contributed by atoms with Crippen LogP contribution >= 0.6 is 0 Å². The minimum Gasteiger partial charge on any atom is -0.494 e. The molecule has 3 nitrogen and oxygen atoms in total. The van der Waals surface area contributed by atoms with Crippen LogP contribution in [0.25, 0.3) is 0 Å². The molecular weight excluding hydrogens is 298 g/mol. The maximum Gasteiger partial charge on any atom is 0.121 e. The third-order valence-corrected chi connectivity index (χ3v) is 4.36. The molecule has 24 heavy (non-hydrogen) atoms. The molecule has 0 fully saturated rings. The van der Waals surface area contributed by atoms with Gasteiger partial charge < -0.3 is 14.8 Å². The van der Waals surface area contributed by atoms with Crippen LogP contribution in [0.3, 0.4) is 0 Å². The molecule has 0 saturated carbocycles. The smallest absolute Gasteiger partial charge is 0.121 e. The predicted molar refractivity (Wildman–Crippen MR) is 101 cm³/mol. The zero-order chi connectivity index (χ0) is 17.4. The summed E-state index contributed by atoms with van der Waals surface area (Å²) >= 11 is 0. The third-order valence-electron chi connectivity index (χ3n) is 4.36. The average Bonchev–Trinajstić information content (AvgIpc) is 2.60. The van der Waals surface area contributed by atoms with E-state index in [1.807, 2.05) is 31.2 Å². The van der Waals surface area contributed by atoms with Crippen LogP contribution in [-0.4, -0.2) is 19.8 Å². The zero-order valence-electron chi connectivity index (χ0n) is 15.3. The van der Waals surface area contributed by atoms with Gasteiger partial charge in [0.2, 0.25) is 0 Å². The van der Waals surface area contributed by atoms with E-state index in [1.54, 1.807) is 0 Å². The largest absolute Gasteiger partial charge is 0.494 e. The van der Waals surface area contributed by atoms with E-state index in [0.717, 1.165) is 30.2 Å². The Hall–Kier alpha value is -2.16. The van der Waals surface area contributed by atoms with Gasteiger partial charge in [0, 0.05) is 18.3 Å². The van der Waals surface area contributed by atoms with Gasteiger partial charge in [-0.15, -0.1) is 0 Å². The van der Waals surface area contributed by atoms with Gasteiger partial charge in [0.15, 0.2) is 0 Å². The van der Waals surface area contributed by atoms with E-state index in [-0.39, 0.29) is 5.41 Å². The van der Waals surface area contributed by atoms with Crippen molar-refractivity contribution in [2.75, 3.05) is 25.1 Å². The van der Waals surface area contributed by atoms with Crippen molar-refractivity contribution < 1.29 is 9.47 Å². The molecule has 1 N–H and O–H groups in total. The molecule has 0 spiro atoms. The van der Waals surface area contributed by atoms with Gasteiger partial charge in [0.05, 0.1) is 6.61 Å². The van der Waals surface area contributed by atoms with Crippen molar-refractivity contribution in [3.05, 3.63) is 54.1 Å². The van der Waals surface area contributed by atoms with E-state index in [2.05, 4.69) is 50.4 Å². The Balaban J connectivity index is 1.79. The lowest BCUT2D eigenvalue weighted by atomic mass is 9.82. The molecule has 0 aliphatic heterocycles. The Kier molecular flexibility index (Phi) is 6.53. The summed E-state index contributed by atoms with van der Waals surface area (Å²) in [5.74, 6) is 1.80. The highest BCUT2D eigenvalue weighted by Gasteiger charge is 2.17. The van der Waals surface area contributed by atoms with Gasteiger partial charge in [-0.05, 0) is 48.6 Å². The van der Waals surface area contributed by atoms with Crippen molar-refractivity contribution in [2.24, 2.45) is 0 Å². The summed E-state index contributed by atoms with van der Waals surface area (Å²) in [6.45, 7) is 10.8. The van der Waals surface area contributed by atoms with Crippen LogP contribution in [0.2, 0.25) is 0 Å². The Morgan fingerprint density at radius 2 is 1.67 bits per heavy atom. The Morgan fingerprint density at radius 1 is 0.917 bits per heavy atom. The molecule has 0 saturated heterocycles. The summed E-state index contributed by atoms with van der Waals surface area (Å²) in [7, 11) is 0. The molecule has 0 atom stereocenters. The standard InChI is InChI=1S/C21H29NO2/c1-5-21(3,4)17-10-12-19(13-11-17)24-15-14-22-18-8-7-9-20(16-18)23-6-2/h7-13,16,22H,5-6,14-15H2,1-4H3. The molecule has 0 bridgehead atoms. The molecule has 0 aliphatic carbocycles. The number of anilines is 1. The van der Waals surface area contributed by atoms with Crippen LogP contribution in [0, 0.1) is 0 Å². The van der Waals surface area contributed by atoms with Crippen molar-refractivity contribution in [2.45, 2.75) is 39.5 Å². The van der Waals surface area contributed by atoms with Crippen LogP contribution in [-0.2, 0) is 5.41 Å². The summed E-state index contributed by atoms with van der Waals surface area (Å²) in [5, 5.41) is 3.35. The van der Waals surface area contributed by atoms with Crippen LogP contribution < -0.4 is 14.8 Å². The fraction of sp³-hybridized carbons (Fsp3) is 0.429. The van der Waals surface area contributed by atoms with Gasteiger partial charge in [-0.25, -0.2) is 0 Å². The summed E-state index contributed by atoms with van der Waals surface area (Å²) in [6, 6.07) is 16.4. The summed E-state index contributed by atoms with van der Waals surface area (Å²) in [6.07, 6.45) is 1.12. The first-order valence-electron chi connectivity index (χ1n) is 8.75.